The summed E-state index contributed by atoms with van der Waals surface area (Å²) in [6, 6.07) is 8.03. The molecule has 1 aliphatic rings. The zero-order valence-corrected chi connectivity index (χ0v) is 12.2. The van der Waals surface area contributed by atoms with Gasteiger partial charge in [0.15, 0.2) is 0 Å². The van der Waals surface area contributed by atoms with Crippen LogP contribution in [-0.4, -0.2) is 21.9 Å². The molecule has 0 aliphatic heterocycles. The smallest absolute Gasteiger partial charge is 0.274 e. The van der Waals surface area contributed by atoms with Crippen LogP contribution < -0.4 is 10.6 Å². The minimum atomic E-state index is -0.218. The van der Waals surface area contributed by atoms with Gasteiger partial charge in [-0.1, -0.05) is 12.1 Å². The van der Waals surface area contributed by atoms with Crippen molar-refractivity contribution in [1.29, 1.82) is 0 Å². The van der Waals surface area contributed by atoms with E-state index in [9.17, 15) is 4.79 Å². The molecule has 0 bridgehead atoms. The van der Waals surface area contributed by atoms with Gasteiger partial charge >= 0.3 is 0 Å². The van der Waals surface area contributed by atoms with E-state index in [-0.39, 0.29) is 5.91 Å². The Bertz CT molecular complexity index is 680. The second kappa shape index (κ2) is 5.52. The topological polar surface area (TPSA) is 66.9 Å². The summed E-state index contributed by atoms with van der Waals surface area (Å²) >= 11 is 0. The number of aryl methyl sites for hydroxylation is 1. The first-order valence-corrected chi connectivity index (χ1v) is 7.09. The third kappa shape index (κ3) is 3.18. The van der Waals surface area contributed by atoms with E-state index in [1.165, 1.54) is 6.33 Å². The minimum absolute atomic E-state index is 0.218. The third-order valence-electron chi connectivity index (χ3n) is 3.68. The maximum atomic E-state index is 12.3. The van der Waals surface area contributed by atoms with Crippen LogP contribution in [0.4, 0.5) is 11.5 Å². The van der Waals surface area contributed by atoms with E-state index in [0.29, 0.717) is 17.6 Å². The van der Waals surface area contributed by atoms with E-state index in [1.807, 2.05) is 32.0 Å². The Balaban J connectivity index is 1.76. The van der Waals surface area contributed by atoms with Crippen LogP contribution >= 0.6 is 0 Å². The van der Waals surface area contributed by atoms with Crippen LogP contribution in [0.15, 0.2) is 30.6 Å². The lowest BCUT2D eigenvalue weighted by molar-refractivity contribution is 0.102. The van der Waals surface area contributed by atoms with Gasteiger partial charge in [-0.25, -0.2) is 9.97 Å². The number of amides is 1. The van der Waals surface area contributed by atoms with Gasteiger partial charge in [-0.15, -0.1) is 0 Å². The molecule has 2 aromatic rings. The molecule has 1 amide bonds. The Morgan fingerprint density at radius 1 is 1.24 bits per heavy atom. The summed E-state index contributed by atoms with van der Waals surface area (Å²) in [5, 5.41) is 6.17. The molecule has 3 rings (SSSR count). The van der Waals surface area contributed by atoms with E-state index < -0.39 is 0 Å². The highest BCUT2D eigenvalue weighted by Gasteiger charge is 2.21. The van der Waals surface area contributed by atoms with Crippen LogP contribution in [0, 0.1) is 13.8 Å². The normalized spacial score (nSPS) is 13.8. The van der Waals surface area contributed by atoms with Gasteiger partial charge in [0.05, 0.1) is 0 Å². The van der Waals surface area contributed by atoms with Crippen molar-refractivity contribution in [3.8, 4) is 0 Å². The minimum Gasteiger partial charge on any atom is -0.367 e. The van der Waals surface area contributed by atoms with Crippen molar-refractivity contribution in [2.75, 3.05) is 10.6 Å². The average Bonchev–Trinajstić information content (AvgIpc) is 3.28. The fourth-order valence-corrected chi connectivity index (χ4v) is 2.07. The Labute approximate surface area is 123 Å². The van der Waals surface area contributed by atoms with Crippen molar-refractivity contribution < 1.29 is 4.79 Å². The molecule has 1 saturated carbocycles. The monoisotopic (exact) mass is 282 g/mol. The van der Waals surface area contributed by atoms with Gasteiger partial charge in [-0.3, -0.25) is 4.79 Å². The number of nitrogens with zero attached hydrogens (tertiary/aromatic N) is 2. The Hall–Kier alpha value is -2.43. The molecular formula is C16H18N4O. The van der Waals surface area contributed by atoms with Crippen molar-refractivity contribution in [3.05, 3.63) is 47.4 Å². The standard InChI is InChI=1S/C16H18N4O/c1-10-4-3-5-13(11(10)2)20-16(21)14-8-15(18-9-17-14)19-12-6-7-12/h3-5,8-9,12H,6-7H2,1-2H3,(H,20,21)(H,17,18,19). The zero-order valence-electron chi connectivity index (χ0n) is 12.2. The second-order valence-electron chi connectivity index (χ2n) is 5.41. The van der Waals surface area contributed by atoms with Gasteiger partial charge < -0.3 is 10.6 Å². The summed E-state index contributed by atoms with van der Waals surface area (Å²) < 4.78 is 0. The molecular weight excluding hydrogens is 264 g/mol. The maximum absolute atomic E-state index is 12.3. The Kier molecular flexibility index (Phi) is 3.56. The highest BCUT2D eigenvalue weighted by atomic mass is 16.1. The summed E-state index contributed by atoms with van der Waals surface area (Å²) in [5.74, 6) is 0.489. The Morgan fingerprint density at radius 2 is 2.05 bits per heavy atom. The van der Waals surface area contributed by atoms with Crippen LogP contribution in [0.25, 0.3) is 0 Å². The SMILES string of the molecule is Cc1cccc(NC(=O)c2cc(NC3CC3)ncn2)c1C. The molecule has 0 atom stereocenters. The number of hydrogen-bond donors (Lipinski definition) is 2. The van der Waals surface area contributed by atoms with Gasteiger partial charge in [-0.2, -0.15) is 0 Å². The van der Waals surface area contributed by atoms with Crippen LogP contribution in [0.3, 0.4) is 0 Å². The lowest BCUT2D eigenvalue weighted by Gasteiger charge is -2.10. The highest BCUT2D eigenvalue weighted by molar-refractivity contribution is 6.03. The number of carbonyl (C=O) groups excluding carboxylic acids is 1. The molecule has 21 heavy (non-hydrogen) atoms. The first-order valence-electron chi connectivity index (χ1n) is 7.09. The molecule has 2 N–H and O–H groups in total. The fraction of sp³-hybridized carbons (Fsp3) is 0.312. The predicted molar refractivity (Wildman–Crippen MR) is 82.5 cm³/mol. The van der Waals surface area contributed by atoms with Gasteiger partial charge in [0.1, 0.15) is 17.8 Å². The fourth-order valence-electron chi connectivity index (χ4n) is 2.07. The molecule has 0 saturated heterocycles. The number of anilines is 2. The molecule has 1 aliphatic carbocycles. The van der Waals surface area contributed by atoms with Crippen LogP contribution in [0.2, 0.25) is 0 Å². The summed E-state index contributed by atoms with van der Waals surface area (Å²) in [4.78, 5) is 20.5. The summed E-state index contributed by atoms with van der Waals surface area (Å²) in [6.45, 7) is 4.01. The average molecular weight is 282 g/mol. The molecule has 1 fully saturated rings. The summed E-state index contributed by atoms with van der Waals surface area (Å²) in [5.41, 5.74) is 3.40. The van der Waals surface area contributed by atoms with Crippen molar-refractivity contribution in [3.63, 3.8) is 0 Å². The first-order chi connectivity index (χ1) is 10.1. The van der Waals surface area contributed by atoms with Gasteiger partial charge in [0.2, 0.25) is 0 Å². The lowest BCUT2D eigenvalue weighted by atomic mass is 10.1. The number of aromatic nitrogens is 2. The van der Waals surface area contributed by atoms with Gasteiger partial charge in [0, 0.05) is 17.8 Å². The van der Waals surface area contributed by atoms with E-state index in [4.69, 9.17) is 0 Å². The molecule has 5 heteroatoms. The summed E-state index contributed by atoms with van der Waals surface area (Å²) in [6.07, 6.45) is 3.74. The molecule has 0 unspecified atom stereocenters. The molecule has 1 heterocycles. The summed E-state index contributed by atoms with van der Waals surface area (Å²) in [7, 11) is 0. The third-order valence-corrected chi connectivity index (χ3v) is 3.68. The zero-order chi connectivity index (χ0) is 14.8. The Morgan fingerprint density at radius 3 is 2.81 bits per heavy atom. The molecule has 5 nitrogen and oxygen atoms in total. The number of rotatable bonds is 4. The number of hydrogen-bond acceptors (Lipinski definition) is 4. The number of carbonyl (C=O) groups is 1. The molecule has 0 radical (unpaired) electrons. The van der Waals surface area contributed by atoms with Crippen molar-refractivity contribution in [2.24, 2.45) is 0 Å². The van der Waals surface area contributed by atoms with Crippen molar-refractivity contribution in [1.82, 2.24) is 9.97 Å². The molecule has 108 valence electrons. The van der Waals surface area contributed by atoms with Gasteiger partial charge in [-0.05, 0) is 43.9 Å². The van der Waals surface area contributed by atoms with Crippen molar-refractivity contribution in [2.45, 2.75) is 32.7 Å². The molecule has 1 aromatic carbocycles. The van der Waals surface area contributed by atoms with E-state index in [0.717, 1.165) is 29.7 Å². The van der Waals surface area contributed by atoms with E-state index in [2.05, 4.69) is 20.6 Å². The largest absolute Gasteiger partial charge is 0.367 e. The quantitative estimate of drug-likeness (QED) is 0.904. The lowest BCUT2D eigenvalue weighted by Crippen LogP contribution is -2.16. The maximum Gasteiger partial charge on any atom is 0.274 e. The highest BCUT2D eigenvalue weighted by Crippen LogP contribution is 2.24. The number of nitrogens with one attached hydrogen (secondary N) is 2. The van der Waals surface area contributed by atoms with Crippen LogP contribution in [0.1, 0.15) is 34.5 Å². The molecule has 0 spiro atoms. The van der Waals surface area contributed by atoms with Crippen molar-refractivity contribution >= 4 is 17.4 Å². The molecule has 1 aromatic heterocycles. The van der Waals surface area contributed by atoms with Crippen LogP contribution in [-0.2, 0) is 0 Å². The number of benzene rings is 1. The predicted octanol–water partition coefficient (Wildman–Crippen LogP) is 2.92. The second-order valence-corrected chi connectivity index (χ2v) is 5.41. The first kappa shape index (κ1) is 13.5. The van der Waals surface area contributed by atoms with Gasteiger partial charge in [0.25, 0.3) is 5.91 Å². The van der Waals surface area contributed by atoms with Crippen LogP contribution in [0.5, 0.6) is 0 Å². The van der Waals surface area contributed by atoms with E-state index in [1.54, 1.807) is 6.07 Å². The van der Waals surface area contributed by atoms with E-state index >= 15 is 0 Å².